The highest BCUT2D eigenvalue weighted by atomic mass is 16.5. The van der Waals surface area contributed by atoms with E-state index in [0.29, 0.717) is 29.1 Å². The van der Waals surface area contributed by atoms with Gasteiger partial charge in [-0.25, -0.2) is 4.79 Å². The molecule has 0 amide bonds. The van der Waals surface area contributed by atoms with Crippen molar-refractivity contribution in [3.8, 4) is 11.5 Å². The lowest BCUT2D eigenvalue weighted by atomic mass is 9.97. The third-order valence-corrected chi connectivity index (χ3v) is 3.51. The minimum atomic E-state index is -1.20. The van der Waals surface area contributed by atoms with Gasteiger partial charge in [0, 0.05) is 5.56 Å². The molecule has 2 aromatic rings. The maximum atomic E-state index is 11.6. The van der Waals surface area contributed by atoms with Gasteiger partial charge in [0.25, 0.3) is 0 Å². The van der Waals surface area contributed by atoms with Gasteiger partial charge >= 0.3 is 5.97 Å². The molecule has 1 heterocycles. The number of carbonyl (C=O) groups is 1. The number of benzene rings is 1. The Hall–Kier alpha value is -2.95. The van der Waals surface area contributed by atoms with E-state index in [-0.39, 0.29) is 11.3 Å². The zero-order valence-corrected chi connectivity index (χ0v) is 13.9. The van der Waals surface area contributed by atoms with Crippen LogP contribution in [-0.4, -0.2) is 23.3 Å². The summed E-state index contributed by atoms with van der Waals surface area (Å²) in [5.41, 5.74) is 1.70. The Bertz CT molecular complexity index is 779. The second kappa shape index (κ2) is 7.55. The van der Waals surface area contributed by atoms with Crippen molar-refractivity contribution in [2.75, 3.05) is 7.11 Å². The molecule has 0 fully saturated rings. The SMILES string of the molecule is COc1cc(/C=C/c2ccco2)c(C(=O)O)c(O)c1CC=C(C)C. The van der Waals surface area contributed by atoms with Crippen LogP contribution in [0.2, 0.25) is 0 Å². The number of aromatic hydroxyl groups is 1. The molecule has 0 aliphatic heterocycles. The van der Waals surface area contributed by atoms with Gasteiger partial charge in [0.2, 0.25) is 0 Å². The maximum Gasteiger partial charge on any atom is 0.340 e. The zero-order valence-electron chi connectivity index (χ0n) is 13.9. The summed E-state index contributed by atoms with van der Waals surface area (Å²) in [6.45, 7) is 3.87. The zero-order chi connectivity index (χ0) is 17.7. The fourth-order valence-electron chi connectivity index (χ4n) is 2.30. The molecule has 0 saturated heterocycles. The van der Waals surface area contributed by atoms with Crippen molar-refractivity contribution < 1.29 is 24.2 Å². The molecule has 0 atom stereocenters. The van der Waals surface area contributed by atoms with Crippen molar-refractivity contribution in [3.05, 3.63) is 58.6 Å². The van der Waals surface area contributed by atoms with Crippen LogP contribution in [0.5, 0.6) is 11.5 Å². The van der Waals surface area contributed by atoms with E-state index in [4.69, 9.17) is 9.15 Å². The van der Waals surface area contributed by atoms with Crippen LogP contribution in [-0.2, 0) is 6.42 Å². The van der Waals surface area contributed by atoms with Gasteiger partial charge in [0.1, 0.15) is 22.8 Å². The van der Waals surface area contributed by atoms with E-state index in [1.54, 1.807) is 30.4 Å². The molecule has 5 heteroatoms. The van der Waals surface area contributed by atoms with Gasteiger partial charge in [-0.2, -0.15) is 0 Å². The number of phenols is 1. The smallest absolute Gasteiger partial charge is 0.340 e. The molecule has 0 saturated carbocycles. The monoisotopic (exact) mass is 328 g/mol. The van der Waals surface area contributed by atoms with Crippen LogP contribution < -0.4 is 4.74 Å². The van der Waals surface area contributed by atoms with Gasteiger partial charge in [-0.3, -0.25) is 0 Å². The van der Waals surface area contributed by atoms with Crippen LogP contribution in [0.4, 0.5) is 0 Å². The number of methoxy groups -OCH3 is 1. The number of hydrogen-bond acceptors (Lipinski definition) is 4. The highest BCUT2D eigenvalue weighted by molar-refractivity contribution is 5.97. The molecule has 0 bridgehead atoms. The Labute approximate surface area is 140 Å². The molecule has 0 unspecified atom stereocenters. The number of ether oxygens (including phenoxy) is 1. The molecule has 2 rings (SSSR count). The summed E-state index contributed by atoms with van der Waals surface area (Å²) >= 11 is 0. The van der Waals surface area contributed by atoms with E-state index in [9.17, 15) is 15.0 Å². The second-order valence-corrected chi connectivity index (χ2v) is 5.51. The van der Waals surface area contributed by atoms with Gasteiger partial charge in [-0.1, -0.05) is 17.7 Å². The van der Waals surface area contributed by atoms with Crippen molar-refractivity contribution in [2.24, 2.45) is 0 Å². The Morgan fingerprint density at radius 1 is 1.33 bits per heavy atom. The number of rotatable bonds is 6. The number of aromatic carboxylic acids is 1. The van der Waals surface area contributed by atoms with Crippen molar-refractivity contribution in [2.45, 2.75) is 20.3 Å². The summed E-state index contributed by atoms with van der Waals surface area (Å²) in [6.07, 6.45) is 7.03. The Balaban J connectivity index is 2.56. The average Bonchev–Trinajstić information content (AvgIpc) is 3.03. The number of carboxylic acid groups (broad SMARTS) is 1. The van der Waals surface area contributed by atoms with Crippen LogP contribution in [0.3, 0.4) is 0 Å². The molecule has 1 aromatic heterocycles. The summed E-state index contributed by atoms with van der Waals surface area (Å²) in [7, 11) is 1.49. The number of hydrogen-bond donors (Lipinski definition) is 2. The van der Waals surface area contributed by atoms with E-state index in [1.807, 2.05) is 19.9 Å². The number of furan rings is 1. The van der Waals surface area contributed by atoms with Crippen LogP contribution in [0.25, 0.3) is 12.2 Å². The molecule has 2 N–H and O–H groups in total. The lowest BCUT2D eigenvalue weighted by Crippen LogP contribution is -2.04. The fraction of sp³-hybridized carbons (Fsp3) is 0.211. The highest BCUT2D eigenvalue weighted by Crippen LogP contribution is 2.36. The Morgan fingerprint density at radius 2 is 2.08 bits per heavy atom. The van der Waals surface area contributed by atoms with Crippen molar-refractivity contribution in [1.29, 1.82) is 0 Å². The molecule has 0 spiro atoms. The van der Waals surface area contributed by atoms with Gasteiger partial charge in [-0.05, 0) is 50.1 Å². The van der Waals surface area contributed by atoms with Gasteiger partial charge in [0.05, 0.1) is 13.4 Å². The minimum Gasteiger partial charge on any atom is -0.507 e. The molecule has 24 heavy (non-hydrogen) atoms. The molecule has 126 valence electrons. The van der Waals surface area contributed by atoms with E-state index in [0.717, 1.165) is 5.57 Å². The van der Waals surface area contributed by atoms with Crippen molar-refractivity contribution >= 4 is 18.1 Å². The van der Waals surface area contributed by atoms with Crippen LogP contribution >= 0.6 is 0 Å². The third kappa shape index (κ3) is 3.87. The summed E-state index contributed by atoms with van der Waals surface area (Å²) < 4.78 is 10.5. The summed E-state index contributed by atoms with van der Waals surface area (Å²) in [4.78, 5) is 11.6. The molecule has 5 nitrogen and oxygen atoms in total. The molecule has 1 aromatic carbocycles. The standard InChI is InChI=1S/C19H20O5/c1-12(2)6-9-15-16(23-3)11-13(17(18(15)20)19(21)22)7-8-14-5-4-10-24-14/h4-8,10-11,20H,9H2,1-3H3,(H,21,22)/b8-7+. The Morgan fingerprint density at radius 3 is 2.62 bits per heavy atom. The van der Waals surface area contributed by atoms with E-state index < -0.39 is 5.97 Å². The summed E-state index contributed by atoms with van der Waals surface area (Å²) in [5, 5.41) is 20.0. The predicted molar refractivity (Wildman–Crippen MR) is 92.4 cm³/mol. The van der Waals surface area contributed by atoms with Gasteiger partial charge < -0.3 is 19.4 Å². The predicted octanol–water partition coefficient (Wildman–Crippen LogP) is 4.37. The number of allylic oxidation sites excluding steroid dienone is 2. The first-order chi connectivity index (χ1) is 11.4. The topological polar surface area (TPSA) is 79.9 Å². The van der Waals surface area contributed by atoms with Gasteiger partial charge in [-0.15, -0.1) is 0 Å². The maximum absolute atomic E-state index is 11.6. The normalized spacial score (nSPS) is 10.8. The van der Waals surface area contributed by atoms with E-state index in [2.05, 4.69) is 0 Å². The lowest BCUT2D eigenvalue weighted by Gasteiger charge is -2.14. The van der Waals surface area contributed by atoms with E-state index in [1.165, 1.54) is 13.4 Å². The summed E-state index contributed by atoms with van der Waals surface area (Å²) in [5.74, 6) is -0.460. The first kappa shape index (κ1) is 17.4. The minimum absolute atomic E-state index is 0.157. The quantitative estimate of drug-likeness (QED) is 0.770. The molecular weight excluding hydrogens is 308 g/mol. The van der Waals surface area contributed by atoms with Crippen LogP contribution in [0, 0.1) is 0 Å². The lowest BCUT2D eigenvalue weighted by molar-refractivity contribution is 0.0693. The number of carboxylic acids is 1. The molecule has 0 aliphatic carbocycles. The van der Waals surface area contributed by atoms with E-state index >= 15 is 0 Å². The average molecular weight is 328 g/mol. The van der Waals surface area contributed by atoms with Crippen molar-refractivity contribution in [1.82, 2.24) is 0 Å². The van der Waals surface area contributed by atoms with Crippen LogP contribution in [0.1, 0.15) is 41.1 Å². The first-order valence-electron chi connectivity index (χ1n) is 7.45. The second-order valence-electron chi connectivity index (χ2n) is 5.51. The summed E-state index contributed by atoms with van der Waals surface area (Å²) in [6, 6.07) is 5.09. The van der Waals surface area contributed by atoms with Crippen LogP contribution in [0.15, 0.2) is 40.5 Å². The molecular formula is C19H20O5. The van der Waals surface area contributed by atoms with Gasteiger partial charge in [0.15, 0.2) is 0 Å². The fourth-order valence-corrected chi connectivity index (χ4v) is 2.30. The molecule has 0 aliphatic rings. The Kier molecular flexibility index (Phi) is 5.47. The van der Waals surface area contributed by atoms with Crippen molar-refractivity contribution in [3.63, 3.8) is 0 Å². The highest BCUT2D eigenvalue weighted by Gasteiger charge is 2.21. The third-order valence-electron chi connectivity index (χ3n) is 3.51. The first-order valence-corrected chi connectivity index (χ1v) is 7.45. The molecule has 0 radical (unpaired) electrons. The largest absolute Gasteiger partial charge is 0.507 e.